The first-order valence-electron chi connectivity index (χ1n) is 3.11. The monoisotopic (exact) mass is 122 g/mol. The van der Waals surface area contributed by atoms with Gasteiger partial charge in [0.1, 0.15) is 0 Å². The van der Waals surface area contributed by atoms with Crippen LogP contribution in [0.1, 0.15) is 11.3 Å². The minimum Gasteiger partial charge on any atom is -0.312 e. The molecular weight excluding hydrogens is 114 g/mol. The van der Waals surface area contributed by atoms with Gasteiger partial charge >= 0.3 is 0 Å². The average Bonchev–Trinajstić information content (AvgIpc) is 2.33. The highest BCUT2D eigenvalue weighted by atomic mass is 15.1. The Hall–Kier alpha value is -0.830. The van der Waals surface area contributed by atoms with Crippen LogP contribution in [0.5, 0.6) is 0 Å². The summed E-state index contributed by atoms with van der Waals surface area (Å²) in [6, 6.07) is 0. The maximum atomic E-state index is 4.04. The van der Waals surface area contributed by atoms with Gasteiger partial charge in [-0.15, -0.1) is 0 Å². The average molecular weight is 122 g/mol. The molecule has 2 N–H and O–H groups in total. The molecule has 3 nitrogen and oxygen atoms in total. The molecule has 2 rings (SSSR count). The van der Waals surface area contributed by atoms with Crippen LogP contribution in [0.15, 0.2) is 0 Å². The Labute approximate surface area is 53.5 Å². The highest BCUT2D eigenvalue weighted by Crippen LogP contribution is 2.07. The summed E-state index contributed by atoms with van der Waals surface area (Å²) in [6.45, 7) is 1.97. The van der Waals surface area contributed by atoms with Crippen molar-refractivity contribution in [1.29, 1.82) is 0 Å². The lowest BCUT2D eigenvalue weighted by Gasteiger charge is -2.09. The zero-order chi connectivity index (χ0) is 6.10. The molecule has 0 bridgehead atoms. The van der Waals surface area contributed by atoms with Gasteiger partial charge in [0, 0.05) is 25.1 Å². The molecule has 0 atom stereocenters. The molecule has 0 unspecified atom stereocenters. The summed E-state index contributed by atoms with van der Waals surface area (Å²) >= 11 is 0. The molecule has 9 heavy (non-hydrogen) atoms. The zero-order valence-electron chi connectivity index (χ0n) is 5.07. The largest absolute Gasteiger partial charge is 0.312 e. The number of H-pyrrole nitrogens is 1. The minimum absolute atomic E-state index is 0.922. The number of fused-ring (bicyclic) bond motifs is 1. The summed E-state index contributed by atoms with van der Waals surface area (Å²) in [4.78, 5) is 0. The fourth-order valence-corrected chi connectivity index (χ4v) is 1.08. The Kier molecular flexibility index (Phi) is 1.02. The summed E-state index contributed by atoms with van der Waals surface area (Å²) < 4.78 is 0. The van der Waals surface area contributed by atoms with Crippen LogP contribution in [-0.2, 0) is 13.0 Å². The second kappa shape index (κ2) is 1.84. The van der Waals surface area contributed by atoms with Crippen LogP contribution >= 0.6 is 0 Å². The van der Waals surface area contributed by atoms with Crippen LogP contribution in [0.4, 0.5) is 0 Å². The topological polar surface area (TPSA) is 40.7 Å². The molecule has 3 heteroatoms. The normalized spacial score (nSPS) is 17.3. The lowest BCUT2D eigenvalue weighted by Crippen LogP contribution is -2.22. The molecule has 47 valence electrons. The molecule has 0 spiro atoms. The third-order valence-corrected chi connectivity index (χ3v) is 1.59. The van der Waals surface area contributed by atoms with Crippen molar-refractivity contribution in [3.05, 3.63) is 17.5 Å². The van der Waals surface area contributed by atoms with Crippen LogP contribution in [0.2, 0.25) is 0 Å². The lowest BCUT2D eigenvalue weighted by atomic mass is 10.1. The molecule has 0 saturated carbocycles. The first kappa shape index (κ1) is 4.99. The van der Waals surface area contributed by atoms with Crippen molar-refractivity contribution in [3.63, 3.8) is 0 Å². The summed E-state index contributed by atoms with van der Waals surface area (Å²) in [6.07, 6.45) is 4.00. The van der Waals surface area contributed by atoms with Gasteiger partial charge in [-0.25, -0.2) is 0 Å². The van der Waals surface area contributed by atoms with Crippen molar-refractivity contribution in [2.75, 3.05) is 6.54 Å². The minimum atomic E-state index is 0.922. The van der Waals surface area contributed by atoms with Gasteiger partial charge in [0.25, 0.3) is 0 Å². The number of nitrogens with zero attached hydrogens (tertiary/aromatic N) is 1. The second-order valence-electron chi connectivity index (χ2n) is 2.20. The highest BCUT2D eigenvalue weighted by Gasteiger charge is 2.09. The number of hydrogen-bond donors (Lipinski definition) is 2. The van der Waals surface area contributed by atoms with Gasteiger partial charge in [-0.2, -0.15) is 5.10 Å². The first-order valence-corrected chi connectivity index (χ1v) is 3.11. The van der Waals surface area contributed by atoms with Crippen molar-refractivity contribution in [2.45, 2.75) is 13.0 Å². The van der Waals surface area contributed by atoms with E-state index in [9.17, 15) is 0 Å². The van der Waals surface area contributed by atoms with E-state index in [0.29, 0.717) is 0 Å². The first-order chi connectivity index (χ1) is 4.47. The fourth-order valence-electron chi connectivity index (χ4n) is 1.08. The van der Waals surface area contributed by atoms with E-state index >= 15 is 0 Å². The summed E-state index contributed by atoms with van der Waals surface area (Å²) in [5.41, 5.74) is 2.37. The Morgan fingerprint density at radius 1 is 1.56 bits per heavy atom. The van der Waals surface area contributed by atoms with E-state index in [-0.39, 0.29) is 0 Å². The van der Waals surface area contributed by atoms with Gasteiger partial charge in [-0.1, -0.05) is 0 Å². The predicted molar refractivity (Wildman–Crippen MR) is 32.8 cm³/mol. The molecule has 1 aliphatic heterocycles. The SMILES string of the molecule is [c]1[nH]nc2c1CNCC2. The Bertz CT molecular complexity index is 183. The zero-order valence-corrected chi connectivity index (χ0v) is 5.07. The number of nitrogens with one attached hydrogen (secondary N) is 2. The number of hydrogen-bond acceptors (Lipinski definition) is 2. The smallest absolute Gasteiger partial charge is 0.0879 e. The van der Waals surface area contributed by atoms with Crippen molar-refractivity contribution in [1.82, 2.24) is 15.5 Å². The standard InChI is InChI=1S/C6H8N3/c1-2-7-3-5-4-8-9-6(1)5/h7H,1-3H2,(H,8,9). The predicted octanol–water partition coefficient (Wildman–Crippen LogP) is -0.144. The van der Waals surface area contributed by atoms with Crippen LogP contribution in [0.3, 0.4) is 0 Å². The van der Waals surface area contributed by atoms with Gasteiger partial charge in [0.2, 0.25) is 0 Å². The Morgan fingerprint density at radius 2 is 2.56 bits per heavy atom. The van der Waals surface area contributed by atoms with E-state index in [4.69, 9.17) is 0 Å². The Balaban J connectivity index is 2.39. The maximum absolute atomic E-state index is 4.04. The van der Waals surface area contributed by atoms with Crippen molar-refractivity contribution in [3.8, 4) is 0 Å². The van der Waals surface area contributed by atoms with Gasteiger partial charge in [0.15, 0.2) is 0 Å². The summed E-state index contributed by atoms with van der Waals surface area (Å²) in [5, 5.41) is 10.00. The van der Waals surface area contributed by atoms with Crippen LogP contribution in [-0.4, -0.2) is 16.7 Å². The molecule has 0 saturated heterocycles. The number of aromatic nitrogens is 2. The van der Waals surface area contributed by atoms with Crippen LogP contribution in [0.25, 0.3) is 0 Å². The van der Waals surface area contributed by atoms with E-state index < -0.39 is 0 Å². The number of aromatic amines is 1. The molecule has 0 aliphatic carbocycles. The molecule has 1 aromatic rings. The second-order valence-corrected chi connectivity index (χ2v) is 2.20. The van der Waals surface area contributed by atoms with Gasteiger partial charge in [0.05, 0.1) is 11.9 Å². The highest BCUT2D eigenvalue weighted by molar-refractivity contribution is 5.17. The van der Waals surface area contributed by atoms with E-state index in [1.807, 2.05) is 0 Å². The number of rotatable bonds is 0. The molecule has 0 aromatic carbocycles. The molecule has 1 aliphatic rings. The molecule has 0 fully saturated rings. The third kappa shape index (κ3) is 0.733. The van der Waals surface area contributed by atoms with Gasteiger partial charge in [-0.3, -0.25) is 5.10 Å². The van der Waals surface area contributed by atoms with E-state index in [1.165, 1.54) is 11.3 Å². The third-order valence-electron chi connectivity index (χ3n) is 1.59. The quantitative estimate of drug-likeness (QED) is 0.502. The molecule has 0 amide bonds. The molecule has 1 radical (unpaired) electrons. The van der Waals surface area contributed by atoms with E-state index in [0.717, 1.165) is 19.5 Å². The summed E-state index contributed by atoms with van der Waals surface area (Å²) in [7, 11) is 0. The molecule has 1 aromatic heterocycles. The van der Waals surface area contributed by atoms with Crippen molar-refractivity contribution >= 4 is 0 Å². The van der Waals surface area contributed by atoms with Crippen molar-refractivity contribution < 1.29 is 0 Å². The Morgan fingerprint density at radius 3 is 3.44 bits per heavy atom. The van der Waals surface area contributed by atoms with Crippen molar-refractivity contribution in [2.24, 2.45) is 0 Å². The van der Waals surface area contributed by atoms with E-state index in [1.54, 1.807) is 0 Å². The van der Waals surface area contributed by atoms with Crippen LogP contribution < -0.4 is 5.32 Å². The van der Waals surface area contributed by atoms with Crippen LogP contribution in [0, 0.1) is 6.20 Å². The van der Waals surface area contributed by atoms with Gasteiger partial charge in [-0.05, 0) is 0 Å². The fraction of sp³-hybridized carbons (Fsp3) is 0.500. The lowest BCUT2D eigenvalue weighted by molar-refractivity contribution is 0.636. The summed E-state index contributed by atoms with van der Waals surface area (Å²) in [5.74, 6) is 0. The molecule has 2 heterocycles. The maximum Gasteiger partial charge on any atom is 0.0879 e. The van der Waals surface area contributed by atoms with Gasteiger partial charge < -0.3 is 5.32 Å². The van der Waals surface area contributed by atoms with E-state index in [2.05, 4.69) is 21.7 Å². The molecular formula is C6H8N3.